The highest BCUT2D eigenvalue weighted by molar-refractivity contribution is 7.99. The highest BCUT2D eigenvalue weighted by Gasteiger charge is 2.17. The summed E-state index contributed by atoms with van der Waals surface area (Å²) >= 11 is 2.19. The molecule has 0 aliphatic carbocycles. The second-order valence-corrected chi connectivity index (χ2v) is 8.91. The van der Waals surface area contributed by atoms with Gasteiger partial charge >= 0.3 is 0 Å². The molecule has 0 unspecified atom stereocenters. The largest absolute Gasteiger partial charge is 0.454 e. The predicted octanol–water partition coefficient (Wildman–Crippen LogP) is 3.86. The zero-order valence-corrected chi connectivity index (χ0v) is 18.5. The molecule has 3 heterocycles. The zero-order chi connectivity index (χ0) is 22.9. The lowest BCUT2D eigenvalue weighted by Gasteiger charge is -2.12. The first-order chi connectivity index (χ1) is 16.0. The molecule has 0 atom stereocenters. The van der Waals surface area contributed by atoms with Crippen LogP contribution in [0, 0.1) is 11.6 Å². The number of ether oxygens (including phenoxy) is 2. The van der Waals surface area contributed by atoms with E-state index in [1.165, 1.54) is 11.3 Å². The Hall–Kier alpha value is -3.44. The Bertz CT molecular complexity index is 1420. The lowest BCUT2D eigenvalue weighted by molar-refractivity contribution is -0.118. The normalized spacial score (nSPS) is 12.3. The van der Waals surface area contributed by atoms with Crippen LogP contribution in [0.15, 0.2) is 57.8 Å². The molecule has 1 amide bonds. The Morgan fingerprint density at radius 3 is 2.73 bits per heavy atom. The van der Waals surface area contributed by atoms with Crippen molar-refractivity contribution in [2.75, 3.05) is 12.5 Å². The van der Waals surface area contributed by atoms with Crippen molar-refractivity contribution in [1.29, 1.82) is 0 Å². The molecule has 11 heteroatoms. The molecule has 0 saturated heterocycles. The first-order valence-electron chi connectivity index (χ1n) is 9.73. The third kappa shape index (κ3) is 4.41. The quantitative estimate of drug-likeness (QED) is 0.329. The maximum Gasteiger partial charge on any atom is 0.276 e. The van der Waals surface area contributed by atoms with Gasteiger partial charge in [0.15, 0.2) is 16.7 Å². The number of rotatable bonds is 6. The standard InChI is InChI=1S/C22H15F2N3O4S2/c23-13-6-14(24)8-15(7-13)27-21(29)20-16(3-4-32-20)26-22(27)33-10-19(28)25-9-12-1-2-17-18(5-12)31-11-30-17/h1-8H,9-11H2,(H,25,28). The summed E-state index contributed by atoms with van der Waals surface area (Å²) in [5.74, 6) is -0.710. The molecule has 5 rings (SSSR count). The maximum absolute atomic E-state index is 13.8. The summed E-state index contributed by atoms with van der Waals surface area (Å²) in [6, 6.07) is 9.89. The van der Waals surface area contributed by atoms with Crippen LogP contribution in [0.4, 0.5) is 8.78 Å². The minimum Gasteiger partial charge on any atom is -0.454 e. The molecular weight excluding hydrogens is 472 g/mol. The van der Waals surface area contributed by atoms with Crippen LogP contribution >= 0.6 is 23.1 Å². The number of carbonyl (C=O) groups excluding carboxylic acids is 1. The molecule has 0 radical (unpaired) electrons. The lowest BCUT2D eigenvalue weighted by Crippen LogP contribution is -2.26. The molecule has 0 bridgehead atoms. The zero-order valence-electron chi connectivity index (χ0n) is 16.8. The average molecular weight is 488 g/mol. The summed E-state index contributed by atoms with van der Waals surface area (Å²) < 4.78 is 39.7. The maximum atomic E-state index is 13.8. The molecule has 33 heavy (non-hydrogen) atoms. The van der Waals surface area contributed by atoms with Crippen LogP contribution in [0.5, 0.6) is 11.5 Å². The van der Waals surface area contributed by atoms with Crippen molar-refractivity contribution in [3.8, 4) is 17.2 Å². The van der Waals surface area contributed by atoms with Crippen molar-refractivity contribution in [2.45, 2.75) is 11.7 Å². The molecule has 0 spiro atoms. The number of hydrogen-bond acceptors (Lipinski definition) is 7. The van der Waals surface area contributed by atoms with Gasteiger partial charge in [-0.3, -0.25) is 14.2 Å². The molecule has 4 aromatic rings. The average Bonchev–Trinajstić information content (AvgIpc) is 3.44. The molecule has 168 valence electrons. The molecule has 0 fully saturated rings. The van der Waals surface area contributed by atoms with Crippen molar-refractivity contribution in [1.82, 2.24) is 14.9 Å². The fourth-order valence-electron chi connectivity index (χ4n) is 3.32. The van der Waals surface area contributed by atoms with E-state index in [4.69, 9.17) is 9.47 Å². The van der Waals surface area contributed by atoms with Crippen LogP contribution in [0.25, 0.3) is 15.9 Å². The Labute approximate surface area is 194 Å². The van der Waals surface area contributed by atoms with Crippen molar-refractivity contribution >= 4 is 39.2 Å². The number of hydrogen-bond donors (Lipinski definition) is 1. The van der Waals surface area contributed by atoms with Gasteiger partial charge in [-0.1, -0.05) is 17.8 Å². The van der Waals surface area contributed by atoms with E-state index in [1.807, 2.05) is 6.07 Å². The van der Waals surface area contributed by atoms with Crippen molar-refractivity contribution in [3.05, 3.63) is 75.4 Å². The fraction of sp³-hybridized carbons (Fsp3) is 0.136. The van der Waals surface area contributed by atoms with Gasteiger partial charge in [0.2, 0.25) is 12.7 Å². The molecule has 2 aromatic heterocycles. The topological polar surface area (TPSA) is 82.5 Å². The van der Waals surface area contributed by atoms with Gasteiger partial charge in [-0.05, 0) is 41.3 Å². The van der Waals surface area contributed by atoms with Gasteiger partial charge in [0.25, 0.3) is 5.56 Å². The van der Waals surface area contributed by atoms with Crippen LogP contribution in [0.2, 0.25) is 0 Å². The number of carbonyl (C=O) groups is 1. The van der Waals surface area contributed by atoms with Crippen LogP contribution in [-0.2, 0) is 11.3 Å². The molecule has 1 aliphatic rings. The summed E-state index contributed by atoms with van der Waals surface area (Å²) in [5.41, 5.74) is 0.843. The molecule has 7 nitrogen and oxygen atoms in total. The first kappa shape index (κ1) is 21.4. The summed E-state index contributed by atoms with van der Waals surface area (Å²) in [7, 11) is 0. The lowest BCUT2D eigenvalue weighted by atomic mass is 10.2. The molecule has 1 N–H and O–H groups in total. The Balaban J connectivity index is 1.36. The van der Waals surface area contributed by atoms with Crippen molar-refractivity contribution in [2.24, 2.45) is 0 Å². The van der Waals surface area contributed by atoms with Crippen molar-refractivity contribution < 1.29 is 23.0 Å². The first-order valence-corrected chi connectivity index (χ1v) is 11.6. The van der Waals surface area contributed by atoms with E-state index in [0.29, 0.717) is 21.7 Å². The molecule has 2 aromatic carbocycles. The number of amides is 1. The van der Waals surface area contributed by atoms with E-state index in [2.05, 4.69) is 10.3 Å². The minimum atomic E-state index is -0.819. The Kier molecular flexibility index (Phi) is 5.73. The van der Waals surface area contributed by atoms with Crippen LogP contribution < -0.4 is 20.3 Å². The van der Waals surface area contributed by atoms with E-state index in [9.17, 15) is 18.4 Å². The van der Waals surface area contributed by atoms with Gasteiger partial charge in [0.1, 0.15) is 16.3 Å². The number of nitrogens with zero attached hydrogens (tertiary/aromatic N) is 2. The smallest absolute Gasteiger partial charge is 0.276 e. The van der Waals surface area contributed by atoms with Gasteiger partial charge < -0.3 is 14.8 Å². The SMILES string of the molecule is O=C(CSc1nc2ccsc2c(=O)n1-c1cc(F)cc(F)c1)NCc1ccc2c(c1)OCO2. The number of nitrogens with one attached hydrogen (secondary N) is 1. The molecule has 0 saturated carbocycles. The van der Waals surface area contributed by atoms with Gasteiger partial charge in [0, 0.05) is 12.6 Å². The van der Waals surface area contributed by atoms with E-state index < -0.39 is 17.2 Å². The number of thiophene rings is 1. The number of fused-ring (bicyclic) bond motifs is 2. The third-order valence-corrected chi connectivity index (χ3v) is 6.64. The Morgan fingerprint density at radius 2 is 1.91 bits per heavy atom. The van der Waals surface area contributed by atoms with Crippen LogP contribution in [0.1, 0.15) is 5.56 Å². The van der Waals surface area contributed by atoms with Crippen LogP contribution in [0.3, 0.4) is 0 Å². The van der Waals surface area contributed by atoms with E-state index in [-0.39, 0.29) is 35.8 Å². The number of benzene rings is 2. The van der Waals surface area contributed by atoms with E-state index >= 15 is 0 Å². The van der Waals surface area contributed by atoms with Gasteiger partial charge in [-0.2, -0.15) is 0 Å². The minimum absolute atomic E-state index is 0.00330. The third-order valence-electron chi connectivity index (χ3n) is 4.81. The number of aromatic nitrogens is 2. The van der Waals surface area contributed by atoms with E-state index in [1.54, 1.807) is 23.6 Å². The summed E-state index contributed by atoms with van der Waals surface area (Å²) in [6.07, 6.45) is 0. The fourth-order valence-corrected chi connectivity index (χ4v) is 4.92. The van der Waals surface area contributed by atoms with Crippen LogP contribution in [-0.4, -0.2) is 28.0 Å². The second-order valence-electron chi connectivity index (χ2n) is 7.05. The number of thioether (sulfide) groups is 1. The highest BCUT2D eigenvalue weighted by Crippen LogP contribution is 2.32. The summed E-state index contributed by atoms with van der Waals surface area (Å²) in [4.78, 5) is 29.9. The van der Waals surface area contributed by atoms with Crippen molar-refractivity contribution in [3.63, 3.8) is 0 Å². The predicted molar refractivity (Wildman–Crippen MR) is 120 cm³/mol. The summed E-state index contributed by atoms with van der Waals surface area (Å²) in [5, 5.41) is 4.67. The Morgan fingerprint density at radius 1 is 1.12 bits per heavy atom. The highest BCUT2D eigenvalue weighted by atomic mass is 32.2. The molecular formula is C22H15F2N3O4S2. The second kappa shape index (κ2) is 8.83. The van der Waals surface area contributed by atoms with Gasteiger partial charge in [-0.25, -0.2) is 13.8 Å². The van der Waals surface area contributed by atoms with Gasteiger partial charge in [-0.15, -0.1) is 11.3 Å². The summed E-state index contributed by atoms with van der Waals surface area (Å²) in [6.45, 7) is 0.440. The number of halogens is 2. The van der Waals surface area contributed by atoms with Gasteiger partial charge in [0.05, 0.1) is 17.0 Å². The van der Waals surface area contributed by atoms with E-state index in [0.717, 1.165) is 40.1 Å². The molecule has 1 aliphatic heterocycles. The monoisotopic (exact) mass is 487 g/mol.